The first kappa shape index (κ1) is 22.6. The lowest BCUT2D eigenvalue weighted by Crippen LogP contribution is -2.41. The highest BCUT2D eigenvalue weighted by atomic mass is 19.1. The molecule has 0 saturated carbocycles. The van der Waals surface area contributed by atoms with Crippen LogP contribution in [0.3, 0.4) is 0 Å². The number of carbonyl (C=O) groups excluding carboxylic acids is 3. The number of ketones is 1. The topological polar surface area (TPSA) is 89.9 Å². The number of amides is 3. The summed E-state index contributed by atoms with van der Waals surface area (Å²) in [6.45, 7) is 5.46. The average Bonchev–Trinajstić information content (AvgIpc) is 3.48. The summed E-state index contributed by atoms with van der Waals surface area (Å²) in [6.07, 6.45) is 0. The molecule has 5 rings (SSSR count). The van der Waals surface area contributed by atoms with Crippen molar-refractivity contribution in [3.63, 3.8) is 0 Å². The molecule has 1 aromatic heterocycles. The second-order valence-electron chi connectivity index (χ2n) is 8.94. The zero-order valence-corrected chi connectivity index (χ0v) is 19.6. The molecule has 35 heavy (non-hydrogen) atoms. The number of aromatic nitrogens is 1. The van der Waals surface area contributed by atoms with Gasteiger partial charge in [-0.15, -0.1) is 0 Å². The van der Waals surface area contributed by atoms with E-state index in [0.717, 1.165) is 16.2 Å². The monoisotopic (exact) mass is 477 g/mol. The van der Waals surface area contributed by atoms with Gasteiger partial charge in [-0.2, -0.15) is 0 Å². The largest absolute Gasteiger partial charge is 0.454 e. The quantitative estimate of drug-likeness (QED) is 0.432. The summed E-state index contributed by atoms with van der Waals surface area (Å²) < 4.78 is 25.9. The van der Waals surface area contributed by atoms with E-state index in [-0.39, 0.29) is 24.9 Å². The number of fused-ring (bicyclic) bond motifs is 1. The van der Waals surface area contributed by atoms with Gasteiger partial charge < -0.3 is 19.4 Å². The van der Waals surface area contributed by atoms with Crippen LogP contribution in [0.2, 0.25) is 0 Å². The predicted molar refractivity (Wildman–Crippen MR) is 124 cm³/mol. The number of hydrogen-bond donors (Lipinski definition) is 1. The van der Waals surface area contributed by atoms with Gasteiger partial charge in [0.15, 0.2) is 17.3 Å². The molecule has 3 amide bonds. The molecule has 0 radical (unpaired) electrons. The van der Waals surface area contributed by atoms with Crippen molar-refractivity contribution in [3.8, 4) is 11.5 Å². The summed E-state index contributed by atoms with van der Waals surface area (Å²) in [5.41, 5.74) is 2.08. The Morgan fingerprint density at radius 2 is 1.77 bits per heavy atom. The Kier molecular flexibility index (Phi) is 5.35. The second kappa shape index (κ2) is 8.26. The molecule has 1 N–H and O–H groups in total. The molecule has 0 bridgehead atoms. The molecular formula is C26H24FN3O5. The van der Waals surface area contributed by atoms with Gasteiger partial charge in [0.1, 0.15) is 11.4 Å². The van der Waals surface area contributed by atoms with Crippen LogP contribution in [-0.2, 0) is 16.9 Å². The van der Waals surface area contributed by atoms with Crippen molar-refractivity contribution in [3.05, 3.63) is 82.4 Å². The maximum Gasteiger partial charge on any atom is 0.325 e. The van der Waals surface area contributed by atoms with Gasteiger partial charge in [0.2, 0.25) is 6.79 Å². The number of rotatable bonds is 6. The Balaban J connectivity index is 1.36. The number of imide groups is 1. The molecular weight excluding hydrogens is 453 g/mol. The van der Waals surface area contributed by atoms with Gasteiger partial charge in [0, 0.05) is 23.5 Å². The van der Waals surface area contributed by atoms with E-state index in [1.54, 1.807) is 43.3 Å². The van der Waals surface area contributed by atoms with E-state index >= 15 is 0 Å². The lowest BCUT2D eigenvalue weighted by molar-refractivity contribution is -0.130. The number of urea groups is 1. The molecule has 180 valence electrons. The number of carbonyl (C=O) groups is 3. The third-order valence-corrected chi connectivity index (χ3v) is 6.65. The van der Waals surface area contributed by atoms with Crippen molar-refractivity contribution in [2.45, 2.75) is 32.9 Å². The van der Waals surface area contributed by atoms with Gasteiger partial charge in [-0.3, -0.25) is 14.5 Å². The highest BCUT2D eigenvalue weighted by Crippen LogP contribution is 2.38. The number of hydrogen-bond acceptors (Lipinski definition) is 5. The Morgan fingerprint density at radius 3 is 2.51 bits per heavy atom. The van der Waals surface area contributed by atoms with Gasteiger partial charge in [0.05, 0.1) is 6.54 Å². The molecule has 2 aromatic carbocycles. The lowest BCUT2D eigenvalue weighted by Gasteiger charge is -2.22. The number of Topliss-reactive ketones (excluding diaryl/α,β-unsaturated/α-hetero) is 1. The minimum absolute atomic E-state index is 0.0933. The van der Waals surface area contributed by atoms with Crippen LogP contribution in [0.1, 0.15) is 39.8 Å². The zero-order valence-electron chi connectivity index (χ0n) is 19.6. The van der Waals surface area contributed by atoms with Gasteiger partial charge in [-0.25, -0.2) is 9.18 Å². The SMILES string of the molecule is Cc1cc(C(=O)CN2C(=O)NC(C)(c3ccc4c(c3)OCO4)C2=O)c(C)n1Cc1ccc(F)cc1. The molecule has 1 saturated heterocycles. The molecule has 0 spiro atoms. The van der Waals surface area contributed by atoms with E-state index in [2.05, 4.69) is 5.32 Å². The highest BCUT2D eigenvalue weighted by molar-refractivity contribution is 6.11. The number of ether oxygens (including phenoxy) is 2. The summed E-state index contributed by atoms with van der Waals surface area (Å²) >= 11 is 0. The minimum Gasteiger partial charge on any atom is -0.454 e. The first-order valence-corrected chi connectivity index (χ1v) is 11.2. The number of nitrogens with one attached hydrogen (secondary N) is 1. The Labute approximate surface area is 201 Å². The van der Waals surface area contributed by atoms with Crippen LogP contribution in [0.5, 0.6) is 11.5 Å². The van der Waals surface area contributed by atoms with Crippen LogP contribution >= 0.6 is 0 Å². The summed E-state index contributed by atoms with van der Waals surface area (Å²) in [7, 11) is 0. The van der Waals surface area contributed by atoms with Crippen LogP contribution in [0, 0.1) is 19.7 Å². The predicted octanol–water partition coefficient (Wildman–Crippen LogP) is 3.67. The third-order valence-electron chi connectivity index (χ3n) is 6.65. The zero-order chi connectivity index (χ0) is 24.9. The second-order valence-corrected chi connectivity index (χ2v) is 8.94. The molecule has 2 aliphatic heterocycles. The van der Waals surface area contributed by atoms with Gasteiger partial charge >= 0.3 is 6.03 Å². The highest BCUT2D eigenvalue weighted by Gasteiger charge is 2.50. The molecule has 1 atom stereocenters. The Bertz CT molecular complexity index is 1360. The third kappa shape index (κ3) is 3.82. The molecule has 2 aliphatic rings. The number of aryl methyl sites for hydroxylation is 1. The van der Waals surface area contributed by atoms with Gasteiger partial charge in [-0.1, -0.05) is 18.2 Å². The van der Waals surface area contributed by atoms with Crippen molar-refractivity contribution in [1.29, 1.82) is 0 Å². The smallest absolute Gasteiger partial charge is 0.325 e. The minimum atomic E-state index is -1.34. The number of benzene rings is 2. The normalized spacial score (nSPS) is 18.8. The van der Waals surface area contributed by atoms with Crippen LogP contribution in [-0.4, -0.2) is 40.5 Å². The number of halogens is 1. The Hall–Kier alpha value is -4.14. The van der Waals surface area contributed by atoms with E-state index in [1.165, 1.54) is 12.1 Å². The van der Waals surface area contributed by atoms with E-state index in [1.807, 2.05) is 18.4 Å². The fourth-order valence-electron chi connectivity index (χ4n) is 4.57. The van der Waals surface area contributed by atoms with Gasteiger partial charge in [0.25, 0.3) is 5.91 Å². The van der Waals surface area contributed by atoms with E-state index in [9.17, 15) is 18.8 Å². The summed E-state index contributed by atoms with van der Waals surface area (Å²) in [6, 6.07) is 12.3. The van der Waals surface area contributed by atoms with Crippen molar-refractivity contribution in [2.75, 3.05) is 13.3 Å². The first-order valence-electron chi connectivity index (χ1n) is 11.2. The van der Waals surface area contributed by atoms with Crippen LogP contribution in [0.15, 0.2) is 48.5 Å². The summed E-state index contributed by atoms with van der Waals surface area (Å²) in [4.78, 5) is 40.2. The van der Waals surface area contributed by atoms with Crippen molar-refractivity contribution < 1.29 is 28.2 Å². The maximum atomic E-state index is 13.3. The first-order chi connectivity index (χ1) is 16.7. The van der Waals surface area contributed by atoms with Crippen LogP contribution in [0.4, 0.5) is 9.18 Å². The van der Waals surface area contributed by atoms with Crippen LogP contribution < -0.4 is 14.8 Å². The van der Waals surface area contributed by atoms with Crippen LogP contribution in [0.25, 0.3) is 0 Å². The van der Waals surface area contributed by atoms with E-state index < -0.39 is 17.5 Å². The van der Waals surface area contributed by atoms with Crippen molar-refractivity contribution in [1.82, 2.24) is 14.8 Å². The van der Waals surface area contributed by atoms with Crippen molar-refractivity contribution >= 4 is 17.7 Å². The lowest BCUT2D eigenvalue weighted by atomic mass is 9.91. The van der Waals surface area contributed by atoms with E-state index in [0.29, 0.717) is 34.9 Å². The fourth-order valence-corrected chi connectivity index (χ4v) is 4.57. The van der Waals surface area contributed by atoms with Crippen molar-refractivity contribution in [2.24, 2.45) is 0 Å². The molecule has 0 aliphatic carbocycles. The fraction of sp³-hybridized carbons (Fsp3) is 0.269. The molecule has 1 fully saturated rings. The van der Waals surface area contributed by atoms with Gasteiger partial charge in [-0.05, 0) is 62.2 Å². The molecule has 3 aromatic rings. The molecule has 3 heterocycles. The number of nitrogens with zero attached hydrogens (tertiary/aromatic N) is 2. The average molecular weight is 477 g/mol. The summed E-state index contributed by atoms with van der Waals surface area (Å²) in [5.74, 6) is -0.116. The van der Waals surface area contributed by atoms with E-state index in [4.69, 9.17) is 9.47 Å². The molecule has 1 unspecified atom stereocenters. The molecule has 8 nitrogen and oxygen atoms in total. The molecule has 9 heteroatoms. The standard InChI is InChI=1S/C26H24FN3O5/c1-15-10-20(16(2)29(15)12-17-4-7-19(27)8-5-17)21(31)13-30-24(32)26(3,28-25(30)33)18-6-9-22-23(11-18)35-14-34-22/h4-11H,12-14H2,1-3H3,(H,28,33). The Morgan fingerprint density at radius 1 is 1.06 bits per heavy atom. The summed E-state index contributed by atoms with van der Waals surface area (Å²) in [5, 5.41) is 2.72. The maximum absolute atomic E-state index is 13.3.